The molecule has 0 rings (SSSR count). The van der Waals surface area contributed by atoms with Crippen LogP contribution in [0.15, 0.2) is 97.2 Å². The van der Waals surface area contributed by atoms with Crippen molar-refractivity contribution in [1.29, 1.82) is 0 Å². The van der Waals surface area contributed by atoms with Crippen molar-refractivity contribution in [2.45, 2.75) is 148 Å². The van der Waals surface area contributed by atoms with E-state index >= 15 is 0 Å². The molecule has 0 spiro atoms. The standard InChI is InChI=1S/C43H68O5/c1-3-5-7-9-11-13-15-17-19-20-21-22-24-26-28-30-32-34-36-38-43(46)48-41(39-44)40-47-42(45)37-35-33-31-29-27-25-23-18-16-14-12-10-8-6-4-2/h5,7,11-14,17-19,21-23,26,28,32,34,41,44H,3-4,6,8-10,15-16,20,24-25,27,29-31,33,35-40H2,1-2H3/b7-5-,13-11-,14-12-,19-17-,22-21-,23-18-,28-26-,34-32-/t41-/m0/s1. The van der Waals surface area contributed by atoms with Crippen LogP contribution in [0.3, 0.4) is 0 Å². The lowest BCUT2D eigenvalue weighted by Crippen LogP contribution is -2.28. The summed E-state index contributed by atoms with van der Waals surface area (Å²) in [6.45, 7) is 3.89. The van der Waals surface area contributed by atoms with Gasteiger partial charge < -0.3 is 14.6 Å². The number of unbranched alkanes of at least 4 members (excludes halogenated alkanes) is 8. The fraction of sp³-hybridized carbons (Fsp3) is 0.581. The molecule has 5 heteroatoms. The maximum atomic E-state index is 12.1. The molecule has 0 aliphatic heterocycles. The van der Waals surface area contributed by atoms with Gasteiger partial charge in [-0.3, -0.25) is 9.59 Å². The fourth-order valence-corrected chi connectivity index (χ4v) is 4.55. The number of allylic oxidation sites excluding steroid dienone is 16. The number of hydrogen-bond donors (Lipinski definition) is 1. The Morgan fingerprint density at radius 1 is 0.500 bits per heavy atom. The molecule has 0 bridgehead atoms. The van der Waals surface area contributed by atoms with E-state index in [1.165, 1.54) is 32.1 Å². The zero-order chi connectivity index (χ0) is 35.0. The normalized spacial score (nSPS) is 13.3. The second-order valence-electron chi connectivity index (χ2n) is 11.9. The van der Waals surface area contributed by atoms with Crippen LogP contribution in [-0.4, -0.2) is 36.4 Å². The molecular formula is C43H68O5. The Morgan fingerprint density at radius 2 is 0.938 bits per heavy atom. The fourth-order valence-electron chi connectivity index (χ4n) is 4.55. The summed E-state index contributed by atoms with van der Waals surface area (Å²) in [6, 6.07) is 0. The van der Waals surface area contributed by atoms with Crippen molar-refractivity contribution >= 4 is 11.9 Å². The molecule has 0 fully saturated rings. The van der Waals surface area contributed by atoms with E-state index in [2.05, 4.69) is 98.9 Å². The summed E-state index contributed by atoms with van der Waals surface area (Å²) in [4.78, 5) is 24.2. The Balaban J connectivity index is 3.77. The summed E-state index contributed by atoms with van der Waals surface area (Å²) in [6.07, 6.45) is 53.3. The minimum absolute atomic E-state index is 0.110. The number of carbonyl (C=O) groups excluding carboxylic acids is 2. The van der Waals surface area contributed by atoms with Gasteiger partial charge in [0, 0.05) is 12.8 Å². The first-order chi connectivity index (χ1) is 23.6. The predicted octanol–water partition coefficient (Wildman–Crippen LogP) is 11.7. The molecule has 0 aliphatic carbocycles. The number of rotatable bonds is 32. The second-order valence-corrected chi connectivity index (χ2v) is 11.9. The molecular weight excluding hydrogens is 596 g/mol. The molecule has 0 amide bonds. The van der Waals surface area contributed by atoms with Crippen molar-refractivity contribution in [3.8, 4) is 0 Å². The summed E-state index contributed by atoms with van der Waals surface area (Å²) in [5.41, 5.74) is 0. The van der Waals surface area contributed by atoms with E-state index in [-0.39, 0.29) is 25.6 Å². The quantitative estimate of drug-likeness (QED) is 0.0440. The smallest absolute Gasteiger partial charge is 0.306 e. The number of esters is 2. The third kappa shape index (κ3) is 35.7. The monoisotopic (exact) mass is 665 g/mol. The third-order valence-corrected chi connectivity index (χ3v) is 7.38. The van der Waals surface area contributed by atoms with Gasteiger partial charge in [-0.1, -0.05) is 143 Å². The average molecular weight is 665 g/mol. The van der Waals surface area contributed by atoms with Gasteiger partial charge in [-0.2, -0.15) is 0 Å². The third-order valence-electron chi connectivity index (χ3n) is 7.38. The molecule has 48 heavy (non-hydrogen) atoms. The van der Waals surface area contributed by atoms with Gasteiger partial charge >= 0.3 is 11.9 Å². The van der Waals surface area contributed by atoms with Gasteiger partial charge in [0.05, 0.1) is 6.61 Å². The van der Waals surface area contributed by atoms with Crippen LogP contribution >= 0.6 is 0 Å². The molecule has 1 atom stereocenters. The molecule has 0 aromatic rings. The van der Waals surface area contributed by atoms with Crippen LogP contribution in [0.1, 0.15) is 142 Å². The molecule has 270 valence electrons. The van der Waals surface area contributed by atoms with E-state index in [0.717, 1.165) is 77.0 Å². The van der Waals surface area contributed by atoms with Crippen molar-refractivity contribution in [3.05, 3.63) is 97.2 Å². The largest absolute Gasteiger partial charge is 0.462 e. The van der Waals surface area contributed by atoms with E-state index < -0.39 is 12.1 Å². The van der Waals surface area contributed by atoms with Crippen LogP contribution in [0.5, 0.6) is 0 Å². The molecule has 0 unspecified atom stereocenters. The van der Waals surface area contributed by atoms with Crippen LogP contribution in [0.4, 0.5) is 0 Å². The highest BCUT2D eigenvalue weighted by atomic mass is 16.6. The first kappa shape index (κ1) is 44.8. The van der Waals surface area contributed by atoms with Crippen molar-refractivity contribution in [2.24, 2.45) is 0 Å². The zero-order valence-corrected chi connectivity index (χ0v) is 30.5. The first-order valence-electron chi connectivity index (χ1n) is 18.8. The van der Waals surface area contributed by atoms with Crippen LogP contribution in [0, 0.1) is 0 Å². The van der Waals surface area contributed by atoms with Crippen molar-refractivity contribution in [1.82, 2.24) is 0 Å². The predicted molar refractivity (Wildman–Crippen MR) is 205 cm³/mol. The van der Waals surface area contributed by atoms with Crippen LogP contribution in [0.25, 0.3) is 0 Å². The molecule has 0 aliphatic rings. The lowest BCUT2D eigenvalue weighted by Gasteiger charge is -2.15. The average Bonchev–Trinajstić information content (AvgIpc) is 3.09. The van der Waals surface area contributed by atoms with Crippen molar-refractivity contribution < 1.29 is 24.2 Å². The molecule has 0 radical (unpaired) electrons. The van der Waals surface area contributed by atoms with Crippen LogP contribution in [-0.2, 0) is 19.1 Å². The van der Waals surface area contributed by atoms with Crippen LogP contribution < -0.4 is 0 Å². The van der Waals surface area contributed by atoms with E-state index in [1.54, 1.807) is 0 Å². The lowest BCUT2D eigenvalue weighted by atomic mass is 10.1. The summed E-state index contributed by atoms with van der Waals surface area (Å²) in [5, 5.41) is 9.53. The summed E-state index contributed by atoms with van der Waals surface area (Å²) in [5.74, 6) is -0.716. The maximum Gasteiger partial charge on any atom is 0.306 e. The van der Waals surface area contributed by atoms with Crippen molar-refractivity contribution in [3.63, 3.8) is 0 Å². The van der Waals surface area contributed by atoms with Gasteiger partial charge in [0.1, 0.15) is 6.61 Å². The summed E-state index contributed by atoms with van der Waals surface area (Å²) < 4.78 is 10.5. The maximum absolute atomic E-state index is 12.1. The van der Waals surface area contributed by atoms with Gasteiger partial charge in [-0.15, -0.1) is 0 Å². The number of carbonyl (C=O) groups is 2. The Labute approximate surface area is 294 Å². The summed E-state index contributed by atoms with van der Waals surface area (Å²) in [7, 11) is 0. The van der Waals surface area contributed by atoms with E-state index in [0.29, 0.717) is 12.8 Å². The highest BCUT2D eigenvalue weighted by Crippen LogP contribution is 2.09. The second kappa shape index (κ2) is 38.3. The van der Waals surface area contributed by atoms with E-state index in [1.807, 2.05) is 12.2 Å². The van der Waals surface area contributed by atoms with Gasteiger partial charge in [-0.05, 0) is 83.5 Å². The molecule has 0 saturated heterocycles. The van der Waals surface area contributed by atoms with Gasteiger partial charge in [-0.25, -0.2) is 0 Å². The van der Waals surface area contributed by atoms with Crippen LogP contribution in [0.2, 0.25) is 0 Å². The lowest BCUT2D eigenvalue weighted by molar-refractivity contribution is -0.161. The summed E-state index contributed by atoms with van der Waals surface area (Å²) >= 11 is 0. The van der Waals surface area contributed by atoms with Crippen molar-refractivity contribution in [2.75, 3.05) is 13.2 Å². The Morgan fingerprint density at radius 3 is 1.44 bits per heavy atom. The Kier molecular flexibility index (Phi) is 35.7. The van der Waals surface area contributed by atoms with Gasteiger partial charge in [0.15, 0.2) is 6.10 Å². The Hall–Kier alpha value is -3.18. The van der Waals surface area contributed by atoms with Gasteiger partial charge in [0.2, 0.25) is 0 Å². The van der Waals surface area contributed by atoms with E-state index in [4.69, 9.17) is 9.47 Å². The topological polar surface area (TPSA) is 72.8 Å². The minimum Gasteiger partial charge on any atom is -0.462 e. The molecule has 1 N–H and O–H groups in total. The SMILES string of the molecule is CC/C=C\C/C=C\C/C=C\C/C=C\C/C=C\C/C=C\CCC(=O)O[C@@H](CO)COC(=O)CCCCCCC/C=C\C/C=C\CCCCC. The number of hydrogen-bond acceptors (Lipinski definition) is 5. The molecule has 0 aromatic heterocycles. The molecule has 0 heterocycles. The highest BCUT2D eigenvalue weighted by molar-refractivity contribution is 5.70. The number of ether oxygens (including phenoxy) is 2. The van der Waals surface area contributed by atoms with E-state index in [9.17, 15) is 14.7 Å². The molecule has 0 saturated carbocycles. The van der Waals surface area contributed by atoms with Gasteiger partial charge in [0.25, 0.3) is 0 Å². The number of aliphatic hydroxyl groups excluding tert-OH is 1. The molecule has 0 aromatic carbocycles. The number of aliphatic hydroxyl groups is 1. The highest BCUT2D eigenvalue weighted by Gasteiger charge is 2.15. The zero-order valence-electron chi connectivity index (χ0n) is 30.5. The first-order valence-corrected chi connectivity index (χ1v) is 18.8. The molecule has 5 nitrogen and oxygen atoms in total. The Bertz CT molecular complexity index is 979. The minimum atomic E-state index is -0.823.